The highest BCUT2D eigenvalue weighted by molar-refractivity contribution is 6.29. The van der Waals surface area contributed by atoms with Crippen LogP contribution in [0.3, 0.4) is 0 Å². The van der Waals surface area contributed by atoms with Crippen molar-refractivity contribution in [2.24, 2.45) is 0 Å². The van der Waals surface area contributed by atoms with Crippen molar-refractivity contribution in [3.8, 4) is 0 Å². The Hall–Kier alpha value is -1.17. The van der Waals surface area contributed by atoms with Crippen LogP contribution in [-0.4, -0.2) is 79.0 Å². The molecule has 1 amide bonds. The lowest BCUT2D eigenvalue weighted by atomic mass is 10.0. The van der Waals surface area contributed by atoms with Crippen molar-refractivity contribution in [3.63, 3.8) is 0 Å². The minimum atomic E-state index is 0.0562. The van der Waals surface area contributed by atoms with Crippen LogP contribution in [0.25, 0.3) is 0 Å². The van der Waals surface area contributed by atoms with E-state index in [1.165, 1.54) is 0 Å². The van der Waals surface area contributed by atoms with Crippen molar-refractivity contribution in [2.45, 2.75) is 25.3 Å². The number of carbonyl (C=O) groups excluding carboxylic acids is 1. The number of amides is 1. The third kappa shape index (κ3) is 5.44. The molecular formula is C17H27ClN4O. The molecule has 0 N–H and O–H groups in total. The van der Waals surface area contributed by atoms with E-state index in [1.807, 2.05) is 4.90 Å². The topological polar surface area (TPSA) is 39.7 Å². The second-order valence-electron chi connectivity index (χ2n) is 6.55. The van der Waals surface area contributed by atoms with Gasteiger partial charge in [0.15, 0.2) is 0 Å². The maximum absolute atomic E-state index is 12.6. The summed E-state index contributed by atoms with van der Waals surface area (Å²) in [4.78, 5) is 23.1. The fraction of sp³-hybridized carbons (Fsp3) is 0.647. The van der Waals surface area contributed by atoms with Crippen molar-refractivity contribution in [1.82, 2.24) is 19.7 Å². The average Bonchev–Trinajstić information content (AvgIpc) is 2.54. The number of nitrogens with zero attached hydrogens (tertiary/aromatic N) is 4. The second kappa shape index (κ2) is 8.62. The third-order valence-corrected chi connectivity index (χ3v) is 4.60. The Kier molecular flexibility index (Phi) is 6.81. The van der Waals surface area contributed by atoms with E-state index in [2.05, 4.69) is 35.9 Å². The molecule has 128 valence electrons. The number of piperidine rings is 1. The van der Waals surface area contributed by atoms with Gasteiger partial charge in [-0.05, 0) is 65.6 Å². The van der Waals surface area contributed by atoms with Gasteiger partial charge in [-0.25, -0.2) is 4.98 Å². The number of likely N-dealkylation sites (tertiary alicyclic amines) is 1. The van der Waals surface area contributed by atoms with Crippen molar-refractivity contribution in [2.75, 3.05) is 47.3 Å². The number of halogens is 1. The van der Waals surface area contributed by atoms with E-state index < -0.39 is 0 Å². The minimum absolute atomic E-state index is 0.0562. The quantitative estimate of drug-likeness (QED) is 0.746. The highest BCUT2D eigenvalue weighted by Gasteiger charge is 2.26. The van der Waals surface area contributed by atoms with Gasteiger partial charge < -0.3 is 14.7 Å². The van der Waals surface area contributed by atoms with Crippen LogP contribution in [0.5, 0.6) is 0 Å². The van der Waals surface area contributed by atoms with Crippen molar-refractivity contribution in [3.05, 3.63) is 29.0 Å². The molecule has 2 rings (SSSR count). The first-order chi connectivity index (χ1) is 11.0. The molecule has 1 aromatic heterocycles. The molecule has 0 bridgehead atoms. The van der Waals surface area contributed by atoms with Gasteiger partial charge >= 0.3 is 0 Å². The number of pyridine rings is 1. The summed E-state index contributed by atoms with van der Waals surface area (Å²) >= 11 is 5.90. The molecule has 0 spiro atoms. The molecule has 23 heavy (non-hydrogen) atoms. The van der Waals surface area contributed by atoms with Crippen LogP contribution in [0.4, 0.5) is 0 Å². The van der Waals surface area contributed by atoms with Gasteiger partial charge in [0.25, 0.3) is 5.91 Å². The van der Waals surface area contributed by atoms with Crippen molar-refractivity contribution in [1.29, 1.82) is 0 Å². The molecule has 1 unspecified atom stereocenters. The van der Waals surface area contributed by atoms with Gasteiger partial charge in [0, 0.05) is 30.9 Å². The summed E-state index contributed by atoms with van der Waals surface area (Å²) < 4.78 is 0. The Morgan fingerprint density at radius 3 is 2.87 bits per heavy atom. The lowest BCUT2D eigenvalue weighted by Gasteiger charge is -2.38. The molecule has 0 radical (unpaired) electrons. The van der Waals surface area contributed by atoms with Crippen LogP contribution in [0.15, 0.2) is 18.3 Å². The highest BCUT2D eigenvalue weighted by atomic mass is 35.5. The molecule has 1 fully saturated rings. The molecule has 1 saturated heterocycles. The van der Waals surface area contributed by atoms with Gasteiger partial charge in [0.05, 0.1) is 0 Å². The highest BCUT2D eigenvalue weighted by Crippen LogP contribution is 2.18. The summed E-state index contributed by atoms with van der Waals surface area (Å²) in [5.41, 5.74) is 0.626. The van der Waals surface area contributed by atoms with E-state index >= 15 is 0 Å². The fourth-order valence-corrected chi connectivity index (χ4v) is 3.21. The first-order valence-electron chi connectivity index (χ1n) is 8.23. The largest absolute Gasteiger partial charge is 0.337 e. The molecule has 0 aromatic carbocycles. The maximum atomic E-state index is 12.6. The summed E-state index contributed by atoms with van der Waals surface area (Å²) in [6, 6.07) is 3.82. The zero-order valence-electron chi connectivity index (χ0n) is 14.3. The van der Waals surface area contributed by atoms with Gasteiger partial charge in [-0.3, -0.25) is 4.79 Å². The van der Waals surface area contributed by atoms with Crippen LogP contribution in [0.2, 0.25) is 5.15 Å². The molecule has 1 aromatic rings. The normalized spacial score (nSPS) is 18.7. The zero-order chi connectivity index (χ0) is 16.8. The van der Waals surface area contributed by atoms with Gasteiger partial charge in [-0.2, -0.15) is 0 Å². The van der Waals surface area contributed by atoms with Crippen LogP contribution in [0.1, 0.15) is 29.6 Å². The summed E-state index contributed by atoms with van der Waals surface area (Å²) in [6.07, 6.45) is 4.94. The molecule has 1 atom stereocenters. The summed E-state index contributed by atoms with van der Waals surface area (Å²) in [5, 5.41) is 0.366. The number of rotatable bonds is 6. The van der Waals surface area contributed by atoms with Crippen LogP contribution in [0, 0.1) is 0 Å². The summed E-state index contributed by atoms with van der Waals surface area (Å²) in [7, 11) is 6.36. The van der Waals surface area contributed by atoms with Crippen LogP contribution in [-0.2, 0) is 0 Å². The monoisotopic (exact) mass is 338 g/mol. The smallest absolute Gasteiger partial charge is 0.254 e. The van der Waals surface area contributed by atoms with E-state index in [9.17, 15) is 4.79 Å². The second-order valence-corrected chi connectivity index (χ2v) is 6.94. The van der Waals surface area contributed by atoms with Gasteiger partial charge in [0.1, 0.15) is 5.15 Å². The Bertz CT molecular complexity index is 523. The molecule has 0 aliphatic carbocycles. The van der Waals surface area contributed by atoms with Gasteiger partial charge in [0.2, 0.25) is 0 Å². The predicted molar refractivity (Wildman–Crippen MR) is 94.0 cm³/mol. The summed E-state index contributed by atoms with van der Waals surface area (Å²) in [5.74, 6) is 0.0562. The van der Waals surface area contributed by atoms with Gasteiger partial charge in [-0.1, -0.05) is 11.6 Å². The minimum Gasteiger partial charge on any atom is -0.337 e. The van der Waals surface area contributed by atoms with Crippen molar-refractivity contribution < 1.29 is 4.79 Å². The lowest BCUT2D eigenvalue weighted by molar-refractivity contribution is 0.0607. The molecule has 2 heterocycles. The lowest BCUT2D eigenvalue weighted by Crippen LogP contribution is -2.49. The molecule has 0 saturated carbocycles. The van der Waals surface area contributed by atoms with E-state index in [4.69, 9.17) is 11.6 Å². The Morgan fingerprint density at radius 2 is 2.17 bits per heavy atom. The number of likely N-dealkylation sites (N-methyl/N-ethyl adjacent to an activating group) is 1. The van der Waals surface area contributed by atoms with Crippen molar-refractivity contribution >= 4 is 17.5 Å². The van der Waals surface area contributed by atoms with Crippen LogP contribution < -0.4 is 0 Å². The summed E-state index contributed by atoms with van der Waals surface area (Å²) in [6.45, 7) is 3.76. The molecule has 1 aliphatic rings. The molecular weight excluding hydrogens is 312 g/mol. The molecule has 1 aliphatic heterocycles. The zero-order valence-corrected chi connectivity index (χ0v) is 15.1. The first kappa shape index (κ1) is 18.2. The first-order valence-corrected chi connectivity index (χ1v) is 8.61. The maximum Gasteiger partial charge on any atom is 0.254 e. The third-order valence-electron chi connectivity index (χ3n) is 4.40. The van der Waals surface area contributed by atoms with E-state index in [0.717, 1.165) is 45.4 Å². The van der Waals surface area contributed by atoms with E-state index in [1.54, 1.807) is 18.3 Å². The van der Waals surface area contributed by atoms with E-state index in [-0.39, 0.29) is 5.91 Å². The van der Waals surface area contributed by atoms with Gasteiger partial charge in [-0.15, -0.1) is 0 Å². The average molecular weight is 339 g/mol. The fourth-order valence-electron chi connectivity index (χ4n) is 3.04. The number of carbonyl (C=O) groups is 1. The number of hydrogen-bond donors (Lipinski definition) is 0. The Labute approximate surface area is 144 Å². The van der Waals surface area contributed by atoms with Crippen LogP contribution >= 0.6 is 11.6 Å². The SMILES string of the molecule is CN(C)CCCN(C)C1CCCN(C(=O)c2ccnc(Cl)c2)C1. The van der Waals surface area contributed by atoms with E-state index in [0.29, 0.717) is 16.8 Å². The Morgan fingerprint density at radius 1 is 1.39 bits per heavy atom. The predicted octanol–water partition coefficient (Wildman–Crippen LogP) is 2.22. The molecule has 6 heteroatoms. The Balaban J connectivity index is 1.91. The number of aromatic nitrogens is 1. The standard InChI is InChI=1S/C17H27ClN4O/c1-20(2)9-5-10-21(3)15-6-4-11-22(13-15)17(23)14-7-8-19-16(18)12-14/h7-8,12,15H,4-6,9-11,13H2,1-3H3. The molecule has 5 nitrogen and oxygen atoms in total. The number of hydrogen-bond acceptors (Lipinski definition) is 4.